The van der Waals surface area contributed by atoms with Gasteiger partial charge in [-0.15, -0.1) is 0 Å². The molecule has 0 fully saturated rings. The van der Waals surface area contributed by atoms with Gasteiger partial charge in [0.15, 0.2) is 0 Å². The number of cyclic esters (lactones) is 1. The number of esters is 1. The minimum atomic E-state index is -0.596. The van der Waals surface area contributed by atoms with Crippen LogP contribution in [0.15, 0.2) is 36.1 Å². The van der Waals surface area contributed by atoms with Crippen LogP contribution in [-0.4, -0.2) is 16.7 Å². The third-order valence-corrected chi connectivity index (χ3v) is 4.08. The lowest BCUT2D eigenvalue weighted by Crippen LogP contribution is -2.43. The van der Waals surface area contributed by atoms with Gasteiger partial charge in [0.25, 0.3) is 0 Å². The van der Waals surface area contributed by atoms with Crippen molar-refractivity contribution in [3.8, 4) is 0 Å². The first-order valence-electron chi connectivity index (χ1n) is 7.09. The first-order valence-corrected chi connectivity index (χ1v) is 7.09. The molecule has 0 spiro atoms. The summed E-state index contributed by atoms with van der Waals surface area (Å²) in [6.45, 7) is 6.12. The van der Waals surface area contributed by atoms with E-state index in [0.717, 1.165) is 12.8 Å². The monoisotopic (exact) mass is 274 g/mol. The number of hydrogen-bond acceptors (Lipinski definition) is 3. The van der Waals surface area contributed by atoms with E-state index in [4.69, 9.17) is 4.74 Å². The number of ether oxygens (including phenoxy) is 1. The van der Waals surface area contributed by atoms with Gasteiger partial charge in [-0.05, 0) is 31.2 Å². The maximum Gasteiger partial charge on any atom is 0.334 e. The number of aliphatic hydroxyl groups is 1. The van der Waals surface area contributed by atoms with Crippen LogP contribution in [0.1, 0.15) is 37.8 Å². The molecule has 0 saturated heterocycles. The van der Waals surface area contributed by atoms with Crippen LogP contribution in [0.5, 0.6) is 0 Å². The molecule has 1 heterocycles. The summed E-state index contributed by atoms with van der Waals surface area (Å²) in [7, 11) is 0. The predicted molar refractivity (Wildman–Crippen MR) is 78.5 cm³/mol. The Balaban J connectivity index is 2.12. The van der Waals surface area contributed by atoms with Crippen LogP contribution in [0.2, 0.25) is 0 Å². The van der Waals surface area contributed by atoms with E-state index in [2.05, 4.69) is 31.2 Å². The van der Waals surface area contributed by atoms with Gasteiger partial charge in [-0.2, -0.15) is 0 Å². The van der Waals surface area contributed by atoms with E-state index in [0.29, 0.717) is 6.42 Å². The van der Waals surface area contributed by atoms with E-state index in [1.165, 1.54) is 17.2 Å². The zero-order chi connectivity index (χ0) is 14.8. The van der Waals surface area contributed by atoms with Crippen LogP contribution in [-0.2, 0) is 16.0 Å². The highest BCUT2D eigenvalue weighted by molar-refractivity contribution is 5.83. The van der Waals surface area contributed by atoms with Gasteiger partial charge >= 0.3 is 5.97 Å². The first-order chi connectivity index (χ1) is 9.41. The lowest BCUT2D eigenvalue weighted by molar-refractivity contribution is -0.163. The van der Waals surface area contributed by atoms with E-state index >= 15 is 0 Å². The highest BCUT2D eigenvalue weighted by Gasteiger charge is 2.40. The van der Waals surface area contributed by atoms with Crippen molar-refractivity contribution in [1.82, 2.24) is 0 Å². The van der Waals surface area contributed by atoms with Gasteiger partial charge in [0.2, 0.25) is 0 Å². The fourth-order valence-corrected chi connectivity index (χ4v) is 2.62. The molecule has 2 rings (SSSR count). The Kier molecular flexibility index (Phi) is 4.17. The van der Waals surface area contributed by atoms with Gasteiger partial charge in [-0.1, -0.05) is 43.7 Å². The normalized spacial score (nSPS) is 22.6. The maximum atomic E-state index is 11.6. The zero-order valence-corrected chi connectivity index (χ0v) is 12.3. The molecule has 0 bridgehead atoms. The van der Waals surface area contributed by atoms with Gasteiger partial charge in [0.1, 0.15) is 11.4 Å². The number of aliphatic hydroxyl groups excluding tert-OH is 1. The van der Waals surface area contributed by atoms with Gasteiger partial charge in [-0.3, -0.25) is 0 Å². The summed E-state index contributed by atoms with van der Waals surface area (Å²) in [6, 6.07) is 8.37. The van der Waals surface area contributed by atoms with Crippen molar-refractivity contribution in [2.45, 2.75) is 45.6 Å². The smallest absolute Gasteiger partial charge is 0.334 e. The first kappa shape index (κ1) is 14.6. The van der Waals surface area contributed by atoms with Crippen LogP contribution in [0, 0.1) is 12.8 Å². The molecule has 1 aromatic carbocycles. The average molecular weight is 274 g/mol. The Morgan fingerprint density at radius 1 is 1.30 bits per heavy atom. The van der Waals surface area contributed by atoms with Crippen LogP contribution in [0.3, 0.4) is 0 Å². The second-order valence-corrected chi connectivity index (χ2v) is 5.94. The summed E-state index contributed by atoms with van der Waals surface area (Å²) in [5, 5.41) is 9.76. The van der Waals surface area contributed by atoms with E-state index in [1.54, 1.807) is 0 Å². The van der Waals surface area contributed by atoms with Crippen LogP contribution in [0.25, 0.3) is 0 Å². The third-order valence-electron chi connectivity index (χ3n) is 4.08. The molecule has 20 heavy (non-hydrogen) atoms. The van der Waals surface area contributed by atoms with Gasteiger partial charge < -0.3 is 9.84 Å². The minimum Gasteiger partial charge on any atom is -0.512 e. The molecule has 3 nitrogen and oxygen atoms in total. The summed E-state index contributed by atoms with van der Waals surface area (Å²) >= 11 is 0. The quantitative estimate of drug-likeness (QED) is 0.851. The lowest BCUT2D eigenvalue weighted by Gasteiger charge is -2.39. The molecule has 1 unspecified atom stereocenters. The Morgan fingerprint density at radius 2 is 1.95 bits per heavy atom. The highest BCUT2D eigenvalue weighted by Crippen LogP contribution is 2.36. The average Bonchev–Trinajstić information content (AvgIpc) is 2.37. The second-order valence-electron chi connectivity index (χ2n) is 5.94. The van der Waals surface area contributed by atoms with E-state index in [1.807, 2.05) is 13.8 Å². The summed E-state index contributed by atoms with van der Waals surface area (Å²) in [6.07, 6.45) is 3.13. The van der Waals surface area contributed by atoms with Crippen molar-refractivity contribution in [2.75, 3.05) is 0 Å². The third kappa shape index (κ3) is 3.21. The molecule has 3 heteroatoms. The van der Waals surface area contributed by atoms with Crippen LogP contribution in [0.4, 0.5) is 0 Å². The van der Waals surface area contributed by atoms with Crippen molar-refractivity contribution in [1.29, 1.82) is 0 Å². The van der Waals surface area contributed by atoms with Crippen molar-refractivity contribution >= 4 is 5.97 Å². The topological polar surface area (TPSA) is 46.5 Å². The molecule has 1 atom stereocenters. The number of aryl methyl sites for hydroxylation is 2. The Bertz CT molecular complexity index is 514. The fraction of sp³-hybridized carbons (Fsp3) is 0.471. The molecular weight excluding hydrogens is 252 g/mol. The van der Waals surface area contributed by atoms with E-state index in [-0.39, 0.29) is 11.7 Å². The molecule has 0 amide bonds. The SMILES string of the molecule is Cc1ccc(CCC2(C(C)C)CC(O)=CC(=O)O2)cc1. The molecule has 1 aromatic rings. The van der Waals surface area contributed by atoms with Gasteiger partial charge in [0.05, 0.1) is 6.08 Å². The van der Waals surface area contributed by atoms with Crippen molar-refractivity contribution in [3.63, 3.8) is 0 Å². The maximum absolute atomic E-state index is 11.6. The molecule has 108 valence electrons. The molecule has 1 N–H and O–H groups in total. The largest absolute Gasteiger partial charge is 0.512 e. The van der Waals surface area contributed by atoms with Gasteiger partial charge in [-0.25, -0.2) is 4.79 Å². The number of carbonyl (C=O) groups is 1. The molecular formula is C17H22O3. The Labute approximate surface area is 120 Å². The minimum absolute atomic E-state index is 0.124. The lowest BCUT2D eigenvalue weighted by atomic mass is 9.80. The van der Waals surface area contributed by atoms with Crippen molar-refractivity contribution in [2.24, 2.45) is 5.92 Å². The molecule has 1 aliphatic heterocycles. The molecule has 0 saturated carbocycles. The van der Waals surface area contributed by atoms with Crippen molar-refractivity contribution in [3.05, 3.63) is 47.2 Å². The van der Waals surface area contributed by atoms with E-state index < -0.39 is 11.6 Å². The number of benzene rings is 1. The summed E-state index contributed by atoms with van der Waals surface area (Å²) in [4.78, 5) is 11.6. The number of carbonyl (C=O) groups excluding carboxylic acids is 1. The summed E-state index contributed by atoms with van der Waals surface area (Å²) in [5.74, 6) is -0.155. The Morgan fingerprint density at radius 3 is 2.50 bits per heavy atom. The van der Waals surface area contributed by atoms with Crippen LogP contribution >= 0.6 is 0 Å². The molecule has 0 radical (unpaired) electrons. The van der Waals surface area contributed by atoms with Crippen LogP contribution < -0.4 is 0 Å². The zero-order valence-electron chi connectivity index (χ0n) is 12.3. The second kappa shape index (κ2) is 5.70. The molecule has 0 aliphatic carbocycles. The molecule has 1 aliphatic rings. The summed E-state index contributed by atoms with van der Waals surface area (Å²) in [5.41, 5.74) is 1.86. The molecule has 0 aromatic heterocycles. The number of rotatable bonds is 4. The predicted octanol–water partition coefficient (Wildman–Crippen LogP) is 3.71. The van der Waals surface area contributed by atoms with E-state index in [9.17, 15) is 9.90 Å². The Hall–Kier alpha value is -1.77. The number of hydrogen-bond donors (Lipinski definition) is 1. The van der Waals surface area contributed by atoms with Gasteiger partial charge in [0, 0.05) is 6.42 Å². The highest BCUT2D eigenvalue weighted by atomic mass is 16.6. The standard InChI is InChI=1S/C17H22O3/c1-12(2)17(11-15(18)10-16(19)20-17)9-8-14-6-4-13(3)5-7-14/h4-7,10,12,18H,8-9,11H2,1-3H3. The van der Waals surface area contributed by atoms with Crippen molar-refractivity contribution < 1.29 is 14.6 Å². The summed E-state index contributed by atoms with van der Waals surface area (Å²) < 4.78 is 5.58. The fourth-order valence-electron chi connectivity index (χ4n) is 2.62.